The number of oxazole rings is 1. The molecule has 7 heteroatoms. The fourth-order valence-corrected chi connectivity index (χ4v) is 4.06. The average molecular weight is 541 g/mol. The van der Waals surface area contributed by atoms with Crippen LogP contribution in [0.4, 0.5) is 0 Å². The largest absolute Gasteiger partial charge is 0.444 e. The third-order valence-electron chi connectivity index (χ3n) is 5.47. The van der Waals surface area contributed by atoms with Gasteiger partial charge in [-0.15, -0.1) is 0 Å². The second-order valence-corrected chi connectivity index (χ2v) is 9.14. The van der Waals surface area contributed by atoms with Crippen molar-refractivity contribution in [2.24, 2.45) is 0 Å². The van der Waals surface area contributed by atoms with Gasteiger partial charge in [0, 0.05) is 27.8 Å². The first kappa shape index (κ1) is 22.3. The highest BCUT2D eigenvalue weighted by Gasteiger charge is 2.29. The highest BCUT2D eigenvalue weighted by atomic mass is 127. The number of nitrogens with one attached hydrogen (secondary N) is 1. The van der Waals surface area contributed by atoms with E-state index in [1.807, 2.05) is 74.5 Å². The van der Waals surface area contributed by atoms with Gasteiger partial charge in [-0.2, -0.15) is 0 Å². The highest BCUT2D eigenvalue weighted by Crippen LogP contribution is 2.23. The van der Waals surface area contributed by atoms with Crippen molar-refractivity contribution in [3.63, 3.8) is 0 Å². The lowest BCUT2D eigenvalue weighted by atomic mass is 10.1. The number of halogens is 1. The van der Waals surface area contributed by atoms with E-state index < -0.39 is 0 Å². The first-order valence-electron chi connectivity index (χ1n) is 10.5. The van der Waals surface area contributed by atoms with E-state index >= 15 is 0 Å². The number of aromatic nitrogens is 1. The van der Waals surface area contributed by atoms with Gasteiger partial charge in [-0.1, -0.05) is 36.4 Å². The molecule has 2 amide bonds. The Morgan fingerprint density at radius 2 is 1.62 bits per heavy atom. The molecule has 0 aliphatic carbocycles. The smallest absolute Gasteiger partial charge is 0.276 e. The highest BCUT2D eigenvalue weighted by molar-refractivity contribution is 14.1. The lowest BCUT2D eigenvalue weighted by Crippen LogP contribution is -2.39. The zero-order valence-electron chi connectivity index (χ0n) is 17.9. The van der Waals surface area contributed by atoms with Gasteiger partial charge in [-0.05, 0) is 71.8 Å². The molecule has 6 nitrogen and oxygen atoms in total. The van der Waals surface area contributed by atoms with Gasteiger partial charge in [-0.25, -0.2) is 4.98 Å². The van der Waals surface area contributed by atoms with Crippen molar-refractivity contribution in [2.75, 3.05) is 0 Å². The quantitative estimate of drug-likeness (QED) is 0.366. The number of carbonyl (C=O) groups excluding carboxylic acids is 2. The second-order valence-electron chi connectivity index (χ2n) is 7.89. The number of hydrogen-bond donors (Lipinski definition) is 1. The Morgan fingerprint density at radius 3 is 2.28 bits per heavy atom. The SMILES string of the molecule is C[C@@H]1C=C[C@H](C)N1C(=O)c1coc(-c2ccc(CNC(=O)Cc3ccc(I)cc3)cc2)n1. The summed E-state index contributed by atoms with van der Waals surface area (Å²) in [7, 11) is 0. The maximum atomic E-state index is 12.8. The van der Waals surface area contributed by atoms with E-state index in [9.17, 15) is 9.59 Å². The molecule has 4 rings (SSSR count). The van der Waals surface area contributed by atoms with Gasteiger partial charge < -0.3 is 14.6 Å². The predicted octanol–water partition coefficient (Wildman–Crippen LogP) is 4.59. The summed E-state index contributed by atoms with van der Waals surface area (Å²) in [6.45, 7) is 4.41. The minimum atomic E-state index is -0.141. The Bertz CT molecular complexity index is 1120. The zero-order chi connectivity index (χ0) is 22.7. The second kappa shape index (κ2) is 9.68. The number of carbonyl (C=O) groups is 2. The van der Waals surface area contributed by atoms with Crippen LogP contribution in [0.1, 0.15) is 35.5 Å². The number of hydrogen-bond acceptors (Lipinski definition) is 4. The van der Waals surface area contributed by atoms with Crippen LogP contribution in [0, 0.1) is 3.57 Å². The van der Waals surface area contributed by atoms with E-state index in [1.165, 1.54) is 6.26 Å². The summed E-state index contributed by atoms with van der Waals surface area (Å²) in [5.74, 6) is 0.235. The van der Waals surface area contributed by atoms with Crippen molar-refractivity contribution in [3.05, 3.63) is 87.3 Å². The first-order chi connectivity index (χ1) is 15.4. The molecule has 3 aromatic rings. The average Bonchev–Trinajstić information content (AvgIpc) is 3.41. The summed E-state index contributed by atoms with van der Waals surface area (Å²) in [6.07, 6.45) is 5.79. The van der Waals surface area contributed by atoms with Crippen molar-refractivity contribution < 1.29 is 14.0 Å². The Morgan fingerprint density at radius 1 is 1.00 bits per heavy atom. The van der Waals surface area contributed by atoms with E-state index in [2.05, 4.69) is 32.9 Å². The minimum absolute atomic E-state index is 0.0222. The molecule has 0 unspecified atom stereocenters. The molecular formula is C25H24IN3O3. The maximum Gasteiger partial charge on any atom is 0.276 e. The third kappa shape index (κ3) is 5.09. The van der Waals surface area contributed by atoms with Crippen LogP contribution >= 0.6 is 22.6 Å². The van der Waals surface area contributed by atoms with Crippen molar-refractivity contribution in [1.82, 2.24) is 15.2 Å². The van der Waals surface area contributed by atoms with Crippen molar-refractivity contribution in [3.8, 4) is 11.5 Å². The molecule has 0 fully saturated rings. The molecule has 0 bridgehead atoms. The van der Waals surface area contributed by atoms with Crippen LogP contribution in [0.5, 0.6) is 0 Å². The van der Waals surface area contributed by atoms with Crippen LogP contribution in [0.2, 0.25) is 0 Å². The van der Waals surface area contributed by atoms with Crippen LogP contribution in [-0.4, -0.2) is 33.8 Å². The molecule has 2 heterocycles. The van der Waals surface area contributed by atoms with E-state index in [0.717, 1.165) is 20.3 Å². The van der Waals surface area contributed by atoms with Gasteiger partial charge in [0.1, 0.15) is 6.26 Å². The van der Waals surface area contributed by atoms with Crippen molar-refractivity contribution >= 4 is 34.4 Å². The molecule has 2 aromatic carbocycles. The van der Waals surface area contributed by atoms with Crippen LogP contribution < -0.4 is 5.32 Å². The van der Waals surface area contributed by atoms with E-state index in [4.69, 9.17) is 4.42 Å². The summed E-state index contributed by atoms with van der Waals surface area (Å²) >= 11 is 2.24. The standard InChI is InChI=1S/C25H24IN3O3/c1-16-3-4-17(2)29(16)25(31)22-15-32-24(28-22)20-9-5-19(6-10-20)14-27-23(30)13-18-7-11-21(26)12-8-18/h3-12,15-17H,13-14H2,1-2H3,(H,27,30)/t16-,17+. The van der Waals surface area contributed by atoms with Crippen LogP contribution in [-0.2, 0) is 17.8 Å². The number of nitrogens with zero attached hydrogens (tertiary/aromatic N) is 2. The fourth-order valence-electron chi connectivity index (χ4n) is 3.70. The third-order valence-corrected chi connectivity index (χ3v) is 6.19. The monoisotopic (exact) mass is 541 g/mol. The molecular weight excluding hydrogens is 517 g/mol. The van der Waals surface area contributed by atoms with Gasteiger partial charge >= 0.3 is 0 Å². The topological polar surface area (TPSA) is 75.4 Å². The molecule has 1 aliphatic rings. The number of rotatable bonds is 6. The molecule has 164 valence electrons. The molecule has 0 spiro atoms. The lowest BCUT2D eigenvalue weighted by Gasteiger charge is -2.25. The Kier molecular flexibility index (Phi) is 6.74. The first-order valence-corrected chi connectivity index (χ1v) is 11.6. The number of amides is 2. The van der Waals surface area contributed by atoms with Gasteiger partial charge in [0.2, 0.25) is 11.8 Å². The Balaban J connectivity index is 1.34. The van der Waals surface area contributed by atoms with Gasteiger partial charge in [0.25, 0.3) is 5.91 Å². The van der Waals surface area contributed by atoms with Crippen molar-refractivity contribution in [1.29, 1.82) is 0 Å². The fraction of sp³-hybridized carbons (Fsp3) is 0.240. The maximum absolute atomic E-state index is 12.8. The van der Waals surface area contributed by atoms with Crippen LogP contribution in [0.3, 0.4) is 0 Å². The van der Waals surface area contributed by atoms with Gasteiger partial charge in [0.15, 0.2) is 5.69 Å². The van der Waals surface area contributed by atoms with Crippen molar-refractivity contribution in [2.45, 2.75) is 38.9 Å². The van der Waals surface area contributed by atoms with E-state index in [0.29, 0.717) is 24.6 Å². The predicted molar refractivity (Wildman–Crippen MR) is 131 cm³/mol. The number of benzene rings is 2. The Labute approximate surface area is 200 Å². The molecule has 32 heavy (non-hydrogen) atoms. The molecule has 1 N–H and O–H groups in total. The normalized spacial score (nSPS) is 17.5. The van der Waals surface area contributed by atoms with Crippen LogP contribution in [0.15, 0.2) is 71.4 Å². The molecule has 0 saturated carbocycles. The molecule has 1 aliphatic heterocycles. The molecule has 2 atom stereocenters. The summed E-state index contributed by atoms with van der Waals surface area (Å²) in [6, 6.07) is 15.6. The lowest BCUT2D eigenvalue weighted by molar-refractivity contribution is -0.120. The van der Waals surface area contributed by atoms with Gasteiger partial charge in [-0.3, -0.25) is 9.59 Å². The summed E-state index contributed by atoms with van der Waals surface area (Å²) in [4.78, 5) is 31.2. The molecule has 1 aromatic heterocycles. The van der Waals surface area contributed by atoms with E-state index in [1.54, 1.807) is 4.90 Å². The molecule has 0 radical (unpaired) electrons. The zero-order valence-corrected chi connectivity index (χ0v) is 20.1. The Hall–Kier alpha value is -2.94. The van der Waals surface area contributed by atoms with Gasteiger partial charge in [0.05, 0.1) is 6.42 Å². The summed E-state index contributed by atoms with van der Waals surface area (Å²) < 4.78 is 6.71. The molecule has 0 saturated heterocycles. The van der Waals surface area contributed by atoms with E-state index in [-0.39, 0.29) is 23.9 Å². The minimum Gasteiger partial charge on any atom is -0.444 e. The van der Waals surface area contributed by atoms with Crippen LogP contribution in [0.25, 0.3) is 11.5 Å². The summed E-state index contributed by atoms with van der Waals surface area (Å²) in [5.41, 5.74) is 3.03. The summed E-state index contributed by atoms with van der Waals surface area (Å²) in [5, 5.41) is 2.94.